The molecule has 1 saturated carbocycles. The van der Waals surface area contributed by atoms with Crippen molar-refractivity contribution in [3.05, 3.63) is 29.8 Å². The van der Waals surface area contributed by atoms with E-state index in [0.717, 1.165) is 24.9 Å². The third-order valence-corrected chi connectivity index (χ3v) is 5.89. The summed E-state index contributed by atoms with van der Waals surface area (Å²) in [5.74, 6) is -1.25. The van der Waals surface area contributed by atoms with Crippen LogP contribution in [0.4, 0.5) is 5.69 Å². The quantitative estimate of drug-likeness (QED) is 0.745. The Bertz CT molecular complexity index is 761. The summed E-state index contributed by atoms with van der Waals surface area (Å²) < 4.78 is 5.47. The number of nitrogens with zero attached hydrogens (tertiary/aromatic N) is 1. The Kier molecular flexibility index (Phi) is 6.93. The van der Waals surface area contributed by atoms with E-state index in [1.54, 1.807) is 6.92 Å². The summed E-state index contributed by atoms with van der Waals surface area (Å²) in [6.45, 7) is 6.80. The second-order valence-electron chi connectivity index (χ2n) is 8.58. The van der Waals surface area contributed by atoms with Crippen LogP contribution < -0.4 is 10.2 Å². The molecule has 6 heteroatoms. The van der Waals surface area contributed by atoms with Gasteiger partial charge < -0.3 is 15.0 Å². The van der Waals surface area contributed by atoms with Gasteiger partial charge in [0.15, 0.2) is 6.10 Å². The molecule has 0 radical (unpaired) electrons. The smallest absolute Gasteiger partial charge is 0.310 e. The minimum atomic E-state index is -0.855. The van der Waals surface area contributed by atoms with Gasteiger partial charge in [-0.3, -0.25) is 14.4 Å². The van der Waals surface area contributed by atoms with Gasteiger partial charge in [0.1, 0.15) is 0 Å². The number of amides is 2. The van der Waals surface area contributed by atoms with E-state index in [4.69, 9.17) is 4.74 Å². The minimum absolute atomic E-state index is 0.00788. The Morgan fingerprint density at radius 1 is 1.10 bits per heavy atom. The van der Waals surface area contributed by atoms with Crippen molar-refractivity contribution >= 4 is 23.5 Å². The average Bonchev–Trinajstić information content (AvgIpc) is 3.15. The zero-order valence-corrected chi connectivity index (χ0v) is 17.6. The molecule has 1 N–H and O–H groups in total. The molecule has 6 nitrogen and oxygen atoms in total. The van der Waals surface area contributed by atoms with Crippen LogP contribution in [0.2, 0.25) is 0 Å². The molecule has 1 heterocycles. The summed E-state index contributed by atoms with van der Waals surface area (Å²) in [5.41, 5.74) is 2.13. The lowest BCUT2D eigenvalue weighted by molar-refractivity contribution is -0.162. The summed E-state index contributed by atoms with van der Waals surface area (Å²) in [6, 6.07) is 7.94. The van der Waals surface area contributed by atoms with Gasteiger partial charge in [0.05, 0.1) is 11.8 Å². The number of fused-ring (bicyclic) bond motifs is 1. The summed E-state index contributed by atoms with van der Waals surface area (Å²) in [4.78, 5) is 40.2. The van der Waals surface area contributed by atoms with Crippen LogP contribution in [0.5, 0.6) is 0 Å². The number of ether oxygens (including phenoxy) is 1. The molecule has 1 aromatic carbocycles. The van der Waals surface area contributed by atoms with Crippen molar-refractivity contribution in [1.82, 2.24) is 5.32 Å². The number of carbonyl (C=O) groups is 3. The predicted molar refractivity (Wildman–Crippen MR) is 111 cm³/mol. The fourth-order valence-electron chi connectivity index (χ4n) is 4.24. The van der Waals surface area contributed by atoms with Crippen LogP contribution in [0.15, 0.2) is 24.3 Å². The molecule has 1 aromatic rings. The van der Waals surface area contributed by atoms with E-state index in [2.05, 4.69) is 5.32 Å². The topological polar surface area (TPSA) is 75.7 Å². The highest BCUT2D eigenvalue weighted by molar-refractivity contribution is 5.99. The molecule has 2 aliphatic rings. The van der Waals surface area contributed by atoms with Crippen molar-refractivity contribution in [2.75, 3.05) is 18.0 Å². The summed E-state index contributed by atoms with van der Waals surface area (Å²) in [5, 5.41) is 2.79. The van der Waals surface area contributed by atoms with Gasteiger partial charge in [-0.25, -0.2) is 0 Å². The van der Waals surface area contributed by atoms with E-state index in [0.29, 0.717) is 31.8 Å². The standard InChI is InChI=1S/C23H32N2O4/c1-15(2)14-24-21(26)16(3)29-23(28)19-10-6-5-9-18(19)22(27)25-13-12-17-8-4-7-11-20(17)25/h4,7-8,11,15-16,18-19H,5-6,9-10,12-14H2,1-3H3,(H,24,26). The van der Waals surface area contributed by atoms with E-state index < -0.39 is 18.0 Å². The summed E-state index contributed by atoms with van der Waals surface area (Å²) in [7, 11) is 0. The minimum Gasteiger partial charge on any atom is -0.452 e. The number of para-hydroxylation sites is 1. The van der Waals surface area contributed by atoms with E-state index in [1.165, 1.54) is 5.56 Å². The molecule has 1 aliphatic heterocycles. The normalized spacial score (nSPS) is 22.1. The maximum atomic E-state index is 13.3. The van der Waals surface area contributed by atoms with Gasteiger partial charge in [-0.05, 0) is 43.7 Å². The molecule has 2 amide bonds. The lowest BCUT2D eigenvalue weighted by Crippen LogP contribution is -2.44. The number of benzene rings is 1. The lowest BCUT2D eigenvalue weighted by Gasteiger charge is -2.32. The lowest BCUT2D eigenvalue weighted by atomic mass is 9.78. The van der Waals surface area contributed by atoms with E-state index >= 15 is 0 Å². The molecule has 3 rings (SSSR count). The zero-order chi connectivity index (χ0) is 21.0. The van der Waals surface area contributed by atoms with E-state index in [1.807, 2.05) is 43.0 Å². The van der Waals surface area contributed by atoms with Crippen molar-refractivity contribution in [2.45, 2.75) is 59.0 Å². The largest absolute Gasteiger partial charge is 0.452 e. The van der Waals surface area contributed by atoms with Gasteiger partial charge in [0, 0.05) is 18.8 Å². The van der Waals surface area contributed by atoms with E-state index in [9.17, 15) is 14.4 Å². The molecule has 0 saturated heterocycles. The Morgan fingerprint density at radius 2 is 1.79 bits per heavy atom. The predicted octanol–water partition coefficient (Wildman–Crippen LogP) is 3.09. The first-order valence-electron chi connectivity index (χ1n) is 10.8. The Balaban J connectivity index is 1.65. The van der Waals surface area contributed by atoms with Gasteiger partial charge in [0.2, 0.25) is 5.91 Å². The molecule has 0 spiro atoms. The van der Waals surface area contributed by atoms with Crippen LogP contribution in [-0.4, -0.2) is 37.0 Å². The Labute approximate surface area is 173 Å². The van der Waals surface area contributed by atoms with Gasteiger partial charge in [-0.1, -0.05) is 44.9 Å². The molecule has 3 atom stereocenters. The molecule has 158 valence electrons. The van der Waals surface area contributed by atoms with Gasteiger partial charge in [-0.15, -0.1) is 0 Å². The zero-order valence-electron chi connectivity index (χ0n) is 17.6. The average molecular weight is 401 g/mol. The van der Waals surface area contributed by atoms with Gasteiger partial charge in [-0.2, -0.15) is 0 Å². The highest BCUT2D eigenvalue weighted by Gasteiger charge is 2.41. The number of nitrogens with one attached hydrogen (secondary N) is 1. The van der Waals surface area contributed by atoms with Gasteiger partial charge in [0.25, 0.3) is 5.91 Å². The van der Waals surface area contributed by atoms with Crippen LogP contribution in [0.3, 0.4) is 0 Å². The summed E-state index contributed by atoms with van der Waals surface area (Å²) >= 11 is 0. The number of anilines is 1. The SMILES string of the molecule is CC(C)CNC(=O)C(C)OC(=O)C1CCCCC1C(=O)N1CCc2ccccc21. The van der Waals surface area contributed by atoms with Crippen LogP contribution in [-0.2, 0) is 25.5 Å². The molecule has 3 unspecified atom stereocenters. The third kappa shape index (κ3) is 4.98. The molecule has 29 heavy (non-hydrogen) atoms. The highest BCUT2D eigenvalue weighted by Crippen LogP contribution is 2.36. The van der Waals surface area contributed by atoms with Crippen LogP contribution in [0.25, 0.3) is 0 Å². The number of esters is 1. The fraction of sp³-hybridized carbons (Fsp3) is 0.609. The second kappa shape index (κ2) is 9.42. The van der Waals surface area contributed by atoms with Crippen molar-refractivity contribution < 1.29 is 19.1 Å². The molecule has 0 bridgehead atoms. The molecule has 1 fully saturated rings. The summed E-state index contributed by atoms with van der Waals surface area (Å²) in [6.07, 6.45) is 3.13. The third-order valence-electron chi connectivity index (χ3n) is 5.89. The number of carbonyl (C=O) groups excluding carboxylic acids is 3. The van der Waals surface area contributed by atoms with Crippen molar-refractivity contribution in [2.24, 2.45) is 17.8 Å². The molecular formula is C23H32N2O4. The maximum Gasteiger partial charge on any atom is 0.310 e. The maximum absolute atomic E-state index is 13.3. The van der Waals surface area contributed by atoms with Crippen LogP contribution >= 0.6 is 0 Å². The first-order chi connectivity index (χ1) is 13.9. The van der Waals surface area contributed by atoms with Crippen molar-refractivity contribution in [3.8, 4) is 0 Å². The number of hydrogen-bond acceptors (Lipinski definition) is 4. The molecule has 0 aromatic heterocycles. The van der Waals surface area contributed by atoms with Crippen LogP contribution in [0.1, 0.15) is 52.0 Å². The monoisotopic (exact) mass is 400 g/mol. The first kappa shape index (κ1) is 21.3. The second-order valence-corrected chi connectivity index (χ2v) is 8.58. The molecule has 1 aliphatic carbocycles. The Morgan fingerprint density at radius 3 is 2.52 bits per heavy atom. The first-order valence-corrected chi connectivity index (χ1v) is 10.8. The van der Waals surface area contributed by atoms with Crippen LogP contribution in [0, 0.1) is 17.8 Å². The highest BCUT2D eigenvalue weighted by atomic mass is 16.5. The van der Waals surface area contributed by atoms with Gasteiger partial charge >= 0.3 is 5.97 Å². The van der Waals surface area contributed by atoms with Crippen molar-refractivity contribution in [1.29, 1.82) is 0 Å². The Hall–Kier alpha value is -2.37. The van der Waals surface area contributed by atoms with E-state index in [-0.39, 0.29) is 17.7 Å². The van der Waals surface area contributed by atoms with Crippen molar-refractivity contribution in [3.63, 3.8) is 0 Å². The number of rotatable bonds is 6. The number of hydrogen-bond donors (Lipinski definition) is 1. The molecular weight excluding hydrogens is 368 g/mol. The fourth-order valence-corrected chi connectivity index (χ4v) is 4.24.